The molecule has 1 atom stereocenters. The first kappa shape index (κ1) is 20.5. The van der Waals surface area contributed by atoms with Crippen LogP contribution in [0.15, 0.2) is 36.4 Å². The zero-order valence-electron chi connectivity index (χ0n) is 16.6. The molecule has 0 aliphatic carbocycles. The number of aliphatic carboxylic acids is 1. The van der Waals surface area contributed by atoms with Crippen molar-refractivity contribution in [1.82, 2.24) is 4.90 Å². The van der Waals surface area contributed by atoms with Crippen LogP contribution >= 0.6 is 0 Å². The molecule has 5 heteroatoms. The molecule has 2 aromatic rings. The van der Waals surface area contributed by atoms with Crippen LogP contribution in [0.2, 0.25) is 0 Å². The van der Waals surface area contributed by atoms with E-state index in [-0.39, 0.29) is 18.4 Å². The molecule has 0 heterocycles. The fourth-order valence-corrected chi connectivity index (χ4v) is 3.46. The van der Waals surface area contributed by atoms with Gasteiger partial charge in [-0.1, -0.05) is 29.8 Å². The quantitative estimate of drug-likeness (QED) is 0.793. The van der Waals surface area contributed by atoms with E-state index in [1.54, 1.807) is 26.2 Å². The van der Waals surface area contributed by atoms with Gasteiger partial charge >= 0.3 is 5.97 Å². The molecule has 2 rings (SSSR count). The van der Waals surface area contributed by atoms with Crippen LogP contribution in [0.3, 0.4) is 0 Å². The molecule has 0 aromatic heterocycles. The normalized spacial score (nSPS) is 11.7. The van der Waals surface area contributed by atoms with Gasteiger partial charge in [-0.25, -0.2) is 0 Å². The summed E-state index contributed by atoms with van der Waals surface area (Å²) in [6.07, 6.45) is -0.0533. The maximum atomic E-state index is 12.1. The second-order valence-corrected chi connectivity index (χ2v) is 6.68. The summed E-state index contributed by atoms with van der Waals surface area (Å²) < 4.78 is 5.53. The maximum Gasteiger partial charge on any atom is 0.307 e. The first-order valence-corrected chi connectivity index (χ1v) is 9.05. The van der Waals surface area contributed by atoms with Crippen molar-refractivity contribution in [1.29, 1.82) is 0 Å². The van der Waals surface area contributed by atoms with Crippen molar-refractivity contribution in [2.24, 2.45) is 0 Å². The number of carboxylic acid groups (broad SMARTS) is 1. The van der Waals surface area contributed by atoms with E-state index in [2.05, 4.69) is 6.07 Å². The fourth-order valence-electron chi connectivity index (χ4n) is 3.46. The number of hydrogen-bond donors (Lipinski definition) is 1. The molecule has 0 fully saturated rings. The molecular weight excluding hydrogens is 342 g/mol. The van der Waals surface area contributed by atoms with Crippen LogP contribution in [-0.2, 0) is 16.0 Å². The van der Waals surface area contributed by atoms with E-state index >= 15 is 0 Å². The van der Waals surface area contributed by atoms with Crippen LogP contribution < -0.4 is 4.74 Å². The number of rotatable bonds is 7. The summed E-state index contributed by atoms with van der Waals surface area (Å²) >= 11 is 0. The van der Waals surface area contributed by atoms with Crippen molar-refractivity contribution in [2.45, 2.75) is 40.2 Å². The number of carboxylic acids is 1. The topological polar surface area (TPSA) is 66.8 Å². The van der Waals surface area contributed by atoms with Crippen molar-refractivity contribution in [3.63, 3.8) is 0 Å². The van der Waals surface area contributed by atoms with Gasteiger partial charge in [0.15, 0.2) is 0 Å². The van der Waals surface area contributed by atoms with Gasteiger partial charge < -0.3 is 14.7 Å². The van der Waals surface area contributed by atoms with Crippen molar-refractivity contribution in [3.05, 3.63) is 53.1 Å². The molecule has 0 saturated heterocycles. The monoisotopic (exact) mass is 369 g/mol. The first-order valence-electron chi connectivity index (χ1n) is 9.05. The number of methoxy groups -OCH3 is 1. The van der Waals surface area contributed by atoms with E-state index in [1.807, 2.05) is 43.9 Å². The summed E-state index contributed by atoms with van der Waals surface area (Å²) in [5.41, 5.74) is 4.59. The van der Waals surface area contributed by atoms with Crippen LogP contribution in [0.4, 0.5) is 0 Å². The van der Waals surface area contributed by atoms with Crippen LogP contribution in [-0.4, -0.2) is 35.5 Å². The molecule has 5 nitrogen and oxygen atoms in total. The van der Waals surface area contributed by atoms with Gasteiger partial charge in [0.2, 0.25) is 5.91 Å². The zero-order chi connectivity index (χ0) is 20.1. The van der Waals surface area contributed by atoms with Crippen LogP contribution in [0, 0.1) is 6.92 Å². The Morgan fingerprint density at radius 2 is 1.85 bits per heavy atom. The highest BCUT2D eigenvalue weighted by atomic mass is 16.5. The molecular formula is C22H27NO4. The predicted molar refractivity (Wildman–Crippen MR) is 106 cm³/mol. The Morgan fingerprint density at radius 1 is 1.15 bits per heavy atom. The maximum absolute atomic E-state index is 12.1. The smallest absolute Gasteiger partial charge is 0.307 e. The second-order valence-electron chi connectivity index (χ2n) is 6.68. The molecule has 0 spiro atoms. The second kappa shape index (κ2) is 8.71. The number of aryl methyl sites for hydroxylation is 1. The van der Waals surface area contributed by atoms with Gasteiger partial charge in [-0.2, -0.15) is 0 Å². The van der Waals surface area contributed by atoms with Gasteiger partial charge in [-0.05, 0) is 49.6 Å². The summed E-state index contributed by atoms with van der Waals surface area (Å²) in [6, 6.07) is 11.4. The number of carbonyl (C=O) groups is 2. The zero-order valence-corrected chi connectivity index (χ0v) is 16.6. The molecule has 1 unspecified atom stereocenters. The Balaban J connectivity index is 2.65. The van der Waals surface area contributed by atoms with Crippen molar-refractivity contribution in [2.75, 3.05) is 13.7 Å². The molecule has 0 bridgehead atoms. The van der Waals surface area contributed by atoms with Crippen molar-refractivity contribution < 1.29 is 19.4 Å². The third-order valence-electron chi connectivity index (χ3n) is 4.78. The van der Waals surface area contributed by atoms with E-state index in [1.165, 1.54) is 0 Å². The minimum atomic E-state index is -0.877. The minimum absolute atomic E-state index is 0.0176. The number of hydrogen-bond acceptors (Lipinski definition) is 3. The Bertz CT molecular complexity index is 844. The highest BCUT2D eigenvalue weighted by Crippen LogP contribution is 2.37. The largest absolute Gasteiger partial charge is 0.496 e. The number of benzene rings is 2. The predicted octanol–water partition coefficient (Wildman–Crippen LogP) is 4.23. The molecule has 27 heavy (non-hydrogen) atoms. The fraction of sp³-hybridized carbons (Fsp3) is 0.364. The third kappa shape index (κ3) is 4.67. The van der Waals surface area contributed by atoms with E-state index in [4.69, 9.17) is 9.84 Å². The molecule has 1 amide bonds. The molecule has 2 aromatic carbocycles. The van der Waals surface area contributed by atoms with Crippen LogP contribution in [0.5, 0.6) is 5.75 Å². The van der Waals surface area contributed by atoms with Gasteiger partial charge in [-0.15, -0.1) is 0 Å². The molecule has 144 valence electrons. The van der Waals surface area contributed by atoms with Gasteiger partial charge in [0.1, 0.15) is 5.75 Å². The molecule has 0 aliphatic rings. The van der Waals surface area contributed by atoms with Gasteiger partial charge in [-0.3, -0.25) is 9.59 Å². The van der Waals surface area contributed by atoms with Crippen LogP contribution in [0.1, 0.15) is 43.5 Å². The van der Waals surface area contributed by atoms with Gasteiger partial charge in [0.05, 0.1) is 19.6 Å². The van der Waals surface area contributed by atoms with E-state index < -0.39 is 5.97 Å². The molecule has 1 N–H and O–H groups in total. The minimum Gasteiger partial charge on any atom is -0.496 e. The SMILES string of the molecule is CCN(C(C)=O)C(C)c1cc(C)ccc1-c1cc(CC(=O)O)ccc1OC. The lowest BCUT2D eigenvalue weighted by Gasteiger charge is -2.29. The summed E-state index contributed by atoms with van der Waals surface area (Å²) in [5.74, 6) is -0.186. The van der Waals surface area contributed by atoms with Crippen molar-refractivity contribution in [3.8, 4) is 16.9 Å². The first-order chi connectivity index (χ1) is 12.8. The van der Waals surface area contributed by atoms with E-state index in [0.29, 0.717) is 17.9 Å². The highest BCUT2D eigenvalue weighted by Gasteiger charge is 2.22. The Hall–Kier alpha value is -2.82. The van der Waals surface area contributed by atoms with Crippen molar-refractivity contribution >= 4 is 11.9 Å². The lowest BCUT2D eigenvalue weighted by molar-refractivity contribution is -0.136. The van der Waals surface area contributed by atoms with Crippen LogP contribution in [0.25, 0.3) is 11.1 Å². The number of ether oxygens (including phenoxy) is 1. The molecule has 0 radical (unpaired) electrons. The van der Waals surface area contributed by atoms with E-state index in [0.717, 1.165) is 22.3 Å². The average Bonchev–Trinajstić information content (AvgIpc) is 2.61. The Kier molecular flexibility index (Phi) is 6.61. The summed E-state index contributed by atoms with van der Waals surface area (Å²) in [5, 5.41) is 9.12. The lowest BCUT2D eigenvalue weighted by atomic mass is 9.91. The Labute approximate surface area is 160 Å². The third-order valence-corrected chi connectivity index (χ3v) is 4.78. The summed E-state index contributed by atoms with van der Waals surface area (Å²) in [7, 11) is 1.60. The Morgan fingerprint density at radius 3 is 2.41 bits per heavy atom. The standard InChI is InChI=1S/C22H27NO4/c1-6-23(16(4)24)15(3)19-11-14(2)7-9-18(19)20-12-17(13-22(25)26)8-10-21(20)27-5/h7-12,15H,6,13H2,1-5H3,(H,25,26). The molecule has 0 saturated carbocycles. The summed E-state index contributed by atoms with van der Waals surface area (Å²) in [4.78, 5) is 25.0. The number of amides is 1. The summed E-state index contributed by atoms with van der Waals surface area (Å²) in [6.45, 7) is 8.17. The molecule has 0 aliphatic heterocycles. The lowest BCUT2D eigenvalue weighted by Crippen LogP contribution is -2.31. The van der Waals surface area contributed by atoms with Gasteiger partial charge in [0, 0.05) is 19.0 Å². The average molecular weight is 369 g/mol. The number of nitrogens with zero attached hydrogens (tertiary/aromatic N) is 1. The van der Waals surface area contributed by atoms with Gasteiger partial charge in [0.25, 0.3) is 0 Å². The van der Waals surface area contributed by atoms with E-state index in [9.17, 15) is 9.59 Å². The number of carbonyl (C=O) groups excluding carboxylic acids is 1. The highest BCUT2D eigenvalue weighted by molar-refractivity contribution is 5.79.